The molecule has 0 aromatic heterocycles. The minimum atomic E-state index is -0.250. The first-order valence-electron chi connectivity index (χ1n) is 8.56. The number of benzene rings is 1. The SMILES string of the molecule is CC1(C)COCCN1C(=O)/C=C\c1ccc(N2CCOCC2)cc1. The lowest BCUT2D eigenvalue weighted by Gasteiger charge is -2.41. The molecule has 3 rings (SSSR count). The molecule has 0 N–H and O–H groups in total. The normalized spacial score (nSPS) is 21.2. The minimum absolute atomic E-state index is 0.0422. The lowest BCUT2D eigenvalue weighted by atomic mass is 10.0. The van der Waals surface area contributed by atoms with Crippen LogP contribution in [0.3, 0.4) is 0 Å². The van der Waals surface area contributed by atoms with Crippen molar-refractivity contribution in [3.05, 3.63) is 35.9 Å². The molecule has 1 amide bonds. The zero-order valence-corrected chi connectivity index (χ0v) is 14.5. The van der Waals surface area contributed by atoms with Crippen molar-refractivity contribution in [3.63, 3.8) is 0 Å². The Morgan fingerprint density at radius 3 is 2.38 bits per heavy atom. The van der Waals surface area contributed by atoms with Gasteiger partial charge in [-0.05, 0) is 37.6 Å². The lowest BCUT2D eigenvalue weighted by molar-refractivity contribution is -0.140. The van der Waals surface area contributed by atoms with Crippen molar-refractivity contribution in [1.29, 1.82) is 0 Å². The fourth-order valence-electron chi connectivity index (χ4n) is 3.14. The summed E-state index contributed by atoms with van der Waals surface area (Å²) in [4.78, 5) is 16.7. The van der Waals surface area contributed by atoms with Gasteiger partial charge in [-0.25, -0.2) is 0 Å². The van der Waals surface area contributed by atoms with Crippen LogP contribution in [-0.2, 0) is 14.3 Å². The Labute approximate surface area is 143 Å². The van der Waals surface area contributed by atoms with Gasteiger partial charge in [-0.15, -0.1) is 0 Å². The van der Waals surface area contributed by atoms with Crippen molar-refractivity contribution in [3.8, 4) is 0 Å². The molecule has 0 saturated carbocycles. The third-order valence-corrected chi connectivity index (χ3v) is 4.60. The van der Waals surface area contributed by atoms with Crippen molar-refractivity contribution in [1.82, 2.24) is 4.90 Å². The van der Waals surface area contributed by atoms with Gasteiger partial charge < -0.3 is 19.3 Å². The zero-order chi connectivity index (χ0) is 17.0. The molecule has 24 heavy (non-hydrogen) atoms. The molecule has 0 bridgehead atoms. The van der Waals surface area contributed by atoms with Crippen molar-refractivity contribution < 1.29 is 14.3 Å². The van der Waals surface area contributed by atoms with Crippen LogP contribution < -0.4 is 4.90 Å². The van der Waals surface area contributed by atoms with Crippen molar-refractivity contribution in [2.75, 3.05) is 51.0 Å². The Morgan fingerprint density at radius 1 is 1.04 bits per heavy atom. The number of hydrogen-bond acceptors (Lipinski definition) is 4. The highest BCUT2D eigenvalue weighted by Crippen LogP contribution is 2.20. The van der Waals surface area contributed by atoms with Crippen molar-refractivity contribution in [2.24, 2.45) is 0 Å². The molecule has 2 saturated heterocycles. The predicted octanol–water partition coefficient (Wildman–Crippen LogP) is 2.17. The van der Waals surface area contributed by atoms with Crippen LogP contribution in [0.25, 0.3) is 6.08 Å². The van der Waals surface area contributed by atoms with E-state index in [1.165, 1.54) is 5.69 Å². The first kappa shape index (κ1) is 17.0. The van der Waals surface area contributed by atoms with Gasteiger partial charge in [-0.1, -0.05) is 12.1 Å². The van der Waals surface area contributed by atoms with Crippen molar-refractivity contribution >= 4 is 17.7 Å². The molecule has 5 nitrogen and oxygen atoms in total. The number of hydrogen-bond donors (Lipinski definition) is 0. The predicted molar refractivity (Wildman–Crippen MR) is 95.1 cm³/mol. The van der Waals surface area contributed by atoms with Crippen LogP contribution >= 0.6 is 0 Å². The Balaban J connectivity index is 1.62. The zero-order valence-electron chi connectivity index (χ0n) is 14.5. The smallest absolute Gasteiger partial charge is 0.247 e. The number of anilines is 1. The summed E-state index contributed by atoms with van der Waals surface area (Å²) in [6.45, 7) is 9.34. The second-order valence-electron chi connectivity index (χ2n) is 6.88. The maximum absolute atomic E-state index is 12.5. The number of nitrogens with zero attached hydrogens (tertiary/aromatic N) is 2. The number of carbonyl (C=O) groups excluding carboxylic acids is 1. The molecular formula is C19H26N2O3. The molecule has 0 radical (unpaired) electrons. The molecule has 2 fully saturated rings. The van der Waals surface area contributed by atoms with Gasteiger partial charge in [0.25, 0.3) is 0 Å². The molecule has 2 aliphatic heterocycles. The van der Waals surface area contributed by atoms with Crippen LogP contribution in [0.2, 0.25) is 0 Å². The van der Waals surface area contributed by atoms with E-state index < -0.39 is 0 Å². The van der Waals surface area contributed by atoms with Gasteiger partial charge in [-0.2, -0.15) is 0 Å². The molecule has 1 aromatic rings. The van der Waals surface area contributed by atoms with Crippen LogP contribution in [0.5, 0.6) is 0 Å². The van der Waals surface area contributed by atoms with Gasteiger partial charge >= 0.3 is 0 Å². The molecule has 0 atom stereocenters. The first-order chi connectivity index (χ1) is 11.6. The minimum Gasteiger partial charge on any atom is -0.378 e. The Hall–Kier alpha value is -1.85. The molecule has 5 heteroatoms. The van der Waals surface area contributed by atoms with E-state index in [-0.39, 0.29) is 11.4 Å². The van der Waals surface area contributed by atoms with E-state index in [0.717, 1.165) is 31.9 Å². The third kappa shape index (κ3) is 3.97. The molecule has 0 spiro atoms. The Kier molecular flexibility index (Phi) is 5.21. The van der Waals surface area contributed by atoms with Gasteiger partial charge in [0, 0.05) is 31.4 Å². The highest BCUT2D eigenvalue weighted by atomic mass is 16.5. The number of ether oxygens (including phenoxy) is 2. The van der Waals surface area contributed by atoms with Gasteiger partial charge in [0.2, 0.25) is 5.91 Å². The van der Waals surface area contributed by atoms with E-state index in [4.69, 9.17) is 9.47 Å². The quantitative estimate of drug-likeness (QED) is 0.797. The van der Waals surface area contributed by atoms with Crippen LogP contribution in [0, 0.1) is 0 Å². The van der Waals surface area contributed by atoms with Gasteiger partial charge in [0.15, 0.2) is 0 Å². The van der Waals surface area contributed by atoms with Crippen LogP contribution in [0.4, 0.5) is 5.69 Å². The molecule has 0 unspecified atom stereocenters. The number of rotatable bonds is 3. The molecule has 2 heterocycles. The Morgan fingerprint density at radius 2 is 1.71 bits per heavy atom. The topological polar surface area (TPSA) is 42.0 Å². The fraction of sp³-hybridized carbons (Fsp3) is 0.526. The van der Waals surface area contributed by atoms with Gasteiger partial charge in [0.1, 0.15) is 0 Å². The average Bonchev–Trinajstić information content (AvgIpc) is 2.60. The monoisotopic (exact) mass is 330 g/mol. The number of carbonyl (C=O) groups is 1. The van der Waals surface area contributed by atoms with E-state index in [9.17, 15) is 4.79 Å². The summed E-state index contributed by atoms with van der Waals surface area (Å²) in [6, 6.07) is 8.32. The molecule has 2 aliphatic rings. The second kappa shape index (κ2) is 7.36. The van der Waals surface area contributed by atoms with E-state index >= 15 is 0 Å². The van der Waals surface area contributed by atoms with Crippen LogP contribution in [0.1, 0.15) is 19.4 Å². The summed E-state index contributed by atoms with van der Waals surface area (Å²) in [6.07, 6.45) is 3.55. The maximum Gasteiger partial charge on any atom is 0.247 e. The van der Waals surface area contributed by atoms with Crippen LogP contribution in [0.15, 0.2) is 30.3 Å². The van der Waals surface area contributed by atoms with E-state index in [2.05, 4.69) is 29.2 Å². The second-order valence-corrected chi connectivity index (χ2v) is 6.88. The van der Waals surface area contributed by atoms with E-state index in [1.807, 2.05) is 24.8 Å². The highest BCUT2D eigenvalue weighted by molar-refractivity contribution is 5.92. The summed E-state index contributed by atoms with van der Waals surface area (Å²) >= 11 is 0. The summed E-state index contributed by atoms with van der Waals surface area (Å²) in [7, 11) is 0. The summed E-state index contributed by atoms with van der Waals surface area (Å²) in [5.41, 5.74) is 1.99. The molecule has 0 aliphatic carbocycles. The maximum atomic E-state index is 12.5. The van der Waals surface area contributed by atoms with Gasteiger partial charge in [0.05, 0.1) is 32.0 Å². The highest BCUT2D eigenvalue weighted by Gasteiger charge is 2.32. The Bertz CT molecular complexity index is 589. The fourth-order valence-corrected chi connectivity index (χ4v) is 3.14. The molecular weight excluding hydrogens is 304 g/mol. The molecule has 130 valence electrons. The standard InChI is InChI=1S/C19H26N2O3/c1-19(2)15-24-14-11-21(19)18(22)8-5-16-3-6-17(7-4-16)20-9-12-23-13-10-20/h3-8H,9-15H2,1-2H3/b8-5-. The molecule has 1 aromatic carbocycles. The number of amides is 1. The summed E-state index contributed by atoms with van der Waals surface area (Å²) in [5, 5.41) is 0. The third-order valence-electron chi connectivity index (χ3n) is 4.60. The van der Waals surface area contributed by atoms with Crippen LogP contribution in [-0.4, -0.2) is 62.4 Å². The van der Waals surface area contributed by atoms with E-state index in [1.54, 1.807) is 6.08 Å². The number of morpholine rings is 2. The van der Waals surface area contributed by atoms with Crippen molar-refractivity contribution in [2.45, 2.75) is 19.4 Å². The largest absolute Gasteiger partial charge is 0.378 e. The lowest BCUT2D eigenvalue weighted by Crippen LogP contribution is -2.55. The summed E-state index contributed by atoms with van der Waals surface area (Å²) < 4.78 is 10.8. The average molecular weight is 330 g/mol. The first-order valence-corrected chi connectivity index (χ1v) is 8.56. The van der Waals surface area contributed by atoms with E-state index in [0.29, 0.717) is 19.8 Å². The summed E-state index contributed by atoms with van der Waals surface area (Å²) in [5.74, 6) is 0.0422. The van der Waals surface area contributed by atoms with Gasteiger partial charge in [-0.3, -0.25) is 4.79 Å².